The Bertz CT molecular complexity index is 895. The zero-order valence-corrected chi connectivity index (χ0v) is 18.8. The fourth-order valence-corrected chi connectivity index (χ4v) is 4.26. The molecular formula is C26H31NOS. The molecule has 152 valence electrons. The lowest BCUT2D eigenvalue weighted by atomic mass is 9.82. The van der Waals surface area contributed by atoms with Crippen molar-refractivity contribution in [1.82, 2.24) is 4.72 Å². The fraction of sp³-hybridized carbons (Fsp3) is 0.308. The highest BCUT2D eigenvalue weighted by molar-refractivity contribution is 7.84. The molecule has 29 heavy (non-hydrogen) atoms. The summed E-state index contributed by atoms with van der Waals surface area (Å²) in [6, 6.07) is 27.6. The van der Waals surface area contributed by atoms with Gasteiger partial charge in [-0.15, -0.1) is 0 Å². The second-order valence-electron chi connectivity index (χ2n) is 8.69. The van der Waals surface area contributed by atoms with E-state index >= 15 is 0 Å². The molecule has 0 heterocycles. The van der Waals surface area contributed by atoms with Crippen LogP contribution in [0.3, 0.4) is 0 Å². The topological polar surface area (TPSA) is 29.1 Å². The number of benzene rings is 3. The molecule has 0 amide bonds. The van der Waals surface area contributed by atoms with Crippen molar-refractivity contribution in [1.29, 1.82) is 0 Å². The van der Waals surface area contributed by atoms with Crippen LogP contribution < -0.4 is 4.72 Å². The van der Waals surface area contributed by atoms with Gasteiger partial charge < -0.3 is 0 Å². The quantitative estimate of drug-likeness (QED) is 0.517. The maximum atomic E-state index is 13.1. The summed E-state index contributed by atoms with van der Waals surface area (Å²) in [6.45, 7) is 10.2. The number of hydrogen-bond donors (Lipinski definition) is 1. The molecule has 3 heteroatoms. The van der Waals surface area contributed by atoms with Crippen molar-refractivity contribution >= 4 is 11.0 Å². The fourth-order valence-electron chi connectivity index (χ4n) is 3.41. The van der Waals surface area contributed by atoms with Crippen molar-refractivity contribution < 1.29 is 4.21 Å². The largest absolute Gasteiger partial charge is 0.242 e. The molecule has 3 rings (SSSR count). The molecule has 0 saturated heterocycles. The van der Waals surface area contributed by atoms with Crippen molar-refractivity contribution in [2.75, 3.05) is 0 Å². The van der Waals surface area contributed by atoms with Crippen LogP contribution in [0.25, 0.3) is 0 Å². The van der Waals surface area contributed by atoms with Gasteiger partial charge >= 0.3 is 0 Å². The van der Waals surface area contributed by atoms with Crippen LogP contribution in [0.2, 0.25) is 0 Å². The average molecular weight is 406 g/mol. The molecule has 0 fully saturated rings. The van der Waals surface area contributed by atoms with Gasteiger partial charge in [-0.05, 0) is 51.3 Å². The predicted molar refractivity (Wildman–Crippen MR) is 124 cm³/mol. The molecular weight excluding hydrogens is 374 g/mol. The summed E-state index contributed by atoms with van der Waals surface area (Å²) in [6.07, 6.45) is 0. The van der Waals surface area contributed by atoms with Crippen molar-refractivity contribution in [3.05, 3.63) is 107 Å². The van der Waals surface area contributed by atoms with Gasteiger partial charge in [-0.3, -0.25) is 0 Å². The molecule has 0 aliphatic rings. The lowest BCUT2D eigenvalue weighted by Gasteiger charge is -2.32. The van der Waals surface area contributed by atoms with Crippen molar-refractivity contribution in [3.63, 3.8) is 0 Å². The average Bonchev–Trinajstić information content (AvgIpc) is 2.70. The van der Waals surface area contributed by atoms with E-state index in [9.17, 15) is 4.21 Å². The molecule has 3 aromatic carbocycles. The summed E-state index contributed by atoms with van der Waals surface area (Å²) >= 11 is 0. The second-order valence-corrected chi connectivity index (χ2v) is 10.7. The Hall–Kier alpha value is -2.23. The molecule has 0 aliphatic heterocycles. The Morgan fingerprint density at radius 1 is 0.690 bits per heavy atom. The number of nitrogens with one attached hydrogen (secondary N) is 1. The van der Waals surface area contributed by atoms with Crippen molar-refractivity contribution in [2.45, 2.75) is 51.3 Å². The van der Waals surface area contributed by atoms with Crippen LogP contribution in [-0.4, -0.2) is 8.96 Å². The maximum Gasteiger partial charge on any atom is 0.0976 e. The minimum absolute atomic E-state index is 0.0462. The van der Waals surface area contributed by atoms with Gasteiger partial charge in [0.1, 0.15) is 0 Å². The molecule has 0 saturated carbocycles. The Morgan fingerprint density at radius 3 is 1.55 bits per heavy atom. The van der Waals surface area contributed by atoms with Crippen LogP contribution in [0.15, 0.2) is 78.9 Å². The smallest absolute Gasteiger partial charge is 0.0976 e. The van der Waals surface area contributed by atoms with Gasteiger partial charge in [0.25, 0.3) is 0 Å². The highest BCUT2D eigenvalue weighted by Crippen LogP contribution is 2.38. The van der Waals surface area contributed by atoms with Crippen LogP contribution in [0, 0.1) is 13.8 Å². The summed E-state index contributed by atoms with van der Waals surface area (Å²) in [5.74, 6) is 0.0462. The van der Waals surface area contributed by atoms with Crippen LogP contribution in [0.1, 0.15) is 60.5 Å². The Labute approximate surface area is 178 Å². The van der Waals surface area contributed by atoms with Gasteiger partial charge in [-0.2, -0.15) is 0 Å². The Morgan fingerprint density at radius 2 is 1.14 bits per heavy atom. The summed E-state index contributed by atoms with van der Waals surface area (Å²) in [5, 5.41) is 0. The Balaban J connectivity index is 2.14. The van der Waals surface area contributed by atoms with Gasteiger partial charge in [-0.25, -0.2) is 8.93 Å². The monoisotopic (exact) mass is 405 g/mol. The summed E-state index contributed by atoms with van der Waals surface area (Å²) in [5.41, 5.74) is 6.03. The molecule has 0 aliphatic carbocycles. The summed E-state index contributed by atoms with van der Waals surface area (Å²) in [4.78, 5) is 0. The SMILES string of the molecule is Cc1ccc(C(c2ccc(C)cc2)[C@@H](N[S@@](=O)C(C)(C)C)c2ccccc2)cc1. The van der Waals surface area contributed by atoms with Crippen molar-refractivity contribution in [3.8, 4) is 0 Å². The van der Waals surface area contributed by atoms with E-state index in [1.807, 2.05) is 39.0 Å². The number of aryl methyl sites for hydroxylation is 2. The van der Waals surface area contributed by atoms with Gasteiger partial charge in [0.05, 0.1) is 21.8 Å². The second kappa shape index (κ2) is 9.06. The molecule has 2 atom stereocenters. The maximum absolute atomic E-state index is 13.1. The molecule has 0 aromatic heterocycles. The zero-order chi connectivity index (χ0) is 21.0. The lowest BCUT2D eigenvalue weighted by molar-refractivity contribution is 0.557. The van der Waals surface area contributed by atoms with Crippen LogP contribution >= 0.6 is 0 Å². The third kappa shape index (κ3) is 5.43. The highest BCUT2D eigenvalue weighted by atomic mass is 32.2. The van der Waals surface area contributed by atoms with E-state index in [1.54, 1.807) is 0 Å². The van der Waals surface area contributed by atoms with Gasteiger partial charge in [0.15, 0.2) is 0 Å². The number of rotatable bonds is 6. The van der Waals surface area contributed by atoms with Gasteiger partial charge in [-0.1, -0.05) is 90.0 Å². The first-order valence-corrected chi connectivity index (χ1v) is 11.3. The van der Waals surface area contributed by atoms with E-state index < -0.39 is 11.0 Å². The third-order valence-electron chi connectivity index (χ3n) is 5.16. The van der Waals surface area contributed by atoms with E-state index in [-0.39, 0.29) is 16.7 Å². The normalized spacial score (nSPS) is 14.0. The lowest BCUT2D eigenvalue weighted by Crippen LogP contribution is -2.38. The van der Waals surface area contributed by atoms with Crippen LogP contribution in [-0.2, 0) is 11.0 Å². The summed E-state index contributed by atoms with van der Waals surface area (Å²) < 4.78 is 16.2. The first kappa shape index (κ1) is 21.5. The third-order valence-corrected chi connectivity index (χ3v) is 6.74. The first-order chi connectivity index (χ1) is 13.8. The zero-order valence-electron chi connectivity index (χ0n) is 18.0. The van der Waals surface area contributed by atoms with Crippen molar-refractivity contribution in [2.24, 2.45) is 0 Å². The predicted octanol–water partition coefficient (Wildman–Crippen LogP) is 6.23. The van der Waals surface area contributed by atoms with E-state index in [0.717, 1.165) is 5.56 Å². The summed E-state index contributed by atoms with van der Waals surface area (Å²) in [7, 11) is -1.19. The van der Waals surface area contributed by atoms with Gasteiger partial charge in [0, 0.05) is 5.92 Å². The minimum atomic E-state index is -1.19. The Kier molecular flexibility index (Phi) is 6.71. The molecule has 0 unspecified atom stereocenters. The van der Waals surface area contributed by atoms with E-state index in [4.69, 9.17) is 0 Å². The van der Waals surface area contributed by atoms with E-state index in [2.05, 4.69) is 79.2 Å². The molecule has 3 aromatic rings. The molecule has 2 nitrogen and oxygen atoms in total. The first-order valence-electron chi connectivity index (χ1n) is 10.1. The van der Waals surface area contributed by atoms with Gasteiger partial charge in [0.2, 0.25) is 0 Å². The van der Waals surface area contributed by atoms with E-state index in [1.165, 1.54) is 22.3 Å². The number of hydrogen-bond acceptors (Lipinski definition) is 1. The molecule has 0 radical (unpaired) electrons. The standard InChI is InChI=1S/C26H31NOS/c1-19-11-15-21(16-12-19)24(22-17-13-20(2)14-18-22)25(23-9-7-6-8-10-23)27-29(28)26(3,4)5/h6-18,24-25,27H,1-5H3/t25-,29-/m0/s1. The molecule has 0 spiro atoms. The minimum Gasteiger partial charge on any atom is -0.242 e. The van der Waals surface area contributed by atoms with E-state index in [0.29, 0.717) is 0 Å². The van der Waals surface area contributed by atoms with Crippen LogP contribution in [0.4, 0.5) is 0 Å². The molecule has 0 bridgehead atoms. The van der Waals surface area contributed by atoms with Crippen LogP contribution in [0.5, 0.6) is 0 Å². The highest BCUT2D eigenvalue weighted by Gasteiger charge is 2.31. The molecule has 1 N–H and O–H groups in total.